The van der Waals surface area contributed by atoms with Gasteiger partial charge in [0, 0.05) is 37.7 Å². The van der Waals surface area contributed by atoms with Crippen molar-refractivity contribution in [3.63, 3.8) is 0 Å². The standard InChI is InChI=1S/C6H11NO3.Ca.H2O/c1-4(2)3-5(7-10)6(8)9;;/h4-5H,3H2,1-2H3,(H,8,9);;1H2/t5-;;/m0../s1. The van der Waals surface area contributed by atoms with Gasteiger partial charge in [0.25, 0.3) is 0 Å². The fourth-order valence-electron chi connectivity index (χ4n) is 0.635. The second-order valence-electron chi connectivity index (χ2n) is 2.59. The van der Waals surface area contributed by atoms with Gasteiger partial charge in [-0.1, -0.05) is 19.0 Å². The van der Waals surface area contributed by atoms with Crippen molar-refractivity contribution in [3.05, 3.63) is 4.91 Å². The van der Waals surface area contributed by atoms with Gasteiger partial charge in [-0.2, -0.15) is 0 Å². The SMILES string of the molecule is CC(C)C[C@H](N=O)C(=O)O.O.[Ca]. The molecule has 0 aromatic heterocycles. The summed E-state index contributed by atoms with van der Waals surface area (Å²) in [6, 6.07) is -1.07. The van der Waals surface area contributed by atoms with Crippen molar-refractivity contribution in [1.82, 2.24) is 0 Å². The molecule has 5 nitrogen and oxygen atoms in total. The summed E-state index contributed by atoms with van der Waals surface area (Å²) in [5.74, 6) is -0.942. The second kappa shape index (κ2) is 9.38. The van der Waals surface area contributed by atoms with Crippen LogP contribution < -0.4 is 0 Å². The van der Waals surface area contributed by atoms with Crippen LogP contribution >= 0.6 is 0 Å². The summed E-state index contributed by atoms with van der Waals surface area (Å²) in [5.41, 5.74) is 0. The fraction of sp³-hybridized carbons (Fsp3) is 0.833. The molecule has 0 heterocycles. The Balaban J connectivity index is -0.000000405. The van der Waals surface area contributed by atoms with E-state index in [2.05, 4.69) is 5.18 Å². The van der Waals surface area contributed by atoms with Crippen molar-refractivity contribution in [2.75, 3.05) is 0 Å². The molecule has 0 rings (SSSR count). The molecule has 0 aliphatic carbocycles. The minimum atomic E-state index is -1.14. The van der Waals surface area contributed by atoms with E-state index in [0.29, 0.717) is 6.42 Å². The Labute approximate surface area is 101 Å². The van der Waals surface area contributed by atoms with Gasteiger partial charge in [-0.25, -0.2) is 4.79 Å². The number of carbonyl (C=O) groups is 1. The Morgan fingerprint density at radius 3 is 2.00 bits per heavy atom. The van der Waals surface area contributed by atoms with Gasteiger partial charge in [0.15, 0.2) is 6.04 Å². The van der Waals surface area contributed by atoms with Gasteiger partial charge >= 0.3 is 5.97 Å². The molecular formula is C6H13CaNO4. The third-order valence-corrected chi connectivity index (χ3v) is 1.11. The smallest absolute Gasteiger partial charge is 0.332 e. The summed E-state index contributed by atoms with van der Waals surface area (Å²) >= 11 is 0. The number of hydrogen-bond acceptors (Lipinski definition) is 3. The van der Waals surface area contributed by atoms with Gasteiger partial charge < -0.3 is 10.6 Å². The normalized spacial score (nSPS) is 10.9. The molecule has 3 N–H and O–H groups in total. The molecule has 0 aliphatic rings. The van der Waals surface area contributed by atoms with E-state index in [-0.39, 0.29) is 49.1 Å². The average Bonchev–Trinajstić information content (AvgIpc) is 1.81. The van der Waals surface area contributed by atoms with Gasteiger partial charge in [-0.05, 0) is 12.3 Å². The quantitative estimate of drug-likeness (QED) is 0.516. The maximum absolute atomic E-state index is 10.2. The predicted octanol–water partition coefficient (Wildman–Crippen LogP) is 0.0466. The van der Waals surface area contributed by atoms with Crippen LogP contribution in [0.15, 0.2) is 5.18 Å². The van der Waals surface area contributed by atoms with Gasteiger partial charge in [0.2, 0.25) is 0 Å². The Kier molecular flexibility index (Phi) is 14.2. The third kappa shape index (κ3) is 8.39. The number of carboxylic acid groups (broad SMARTS) is 1. The summed E-state index contributed by atoms with van der Waals surface area (Å²) in [6.45, 7) is 3.70. The van der Waals surface area contributed by atoms with E-state index in [1.807, 2.05) is 13.8 Å². The Morgan fingerprint density at radius 1 is 1.50 bits per heavy atom. The van der Waals surface area contributed by atoms with Crippen LogP contribution in [0, 0.1) is 10.8 Å². The van der Waals surface area contributed by atoms with Crippen molar-refractivity contribution >= 4 is 43.7 Å². The average molecular weight is 203 g/mol. The Bertz CT molecular complexity index is 140. The first-order valence-corrected chi connectivity index (χ1v) is 3.13. The summed E-state index contributed by atoms with van der Waals surface area (Å²) in [6.07, 6.45) is 0.318. The molecule has 12 heavy (non-hydrogen) atoms. The van der Waals surface area contributed by atoms with E-state index < -0.39 is 12.0 Å². The van der Waals surface area contributed by atoms with Crippen LogP contribution in [0.5, 0.6) is 0 Å². The maximum atomic E-state index is 10.2. The third-order valence-electron chi connectivity index (χ3n) is 1.11. The summed E-state index contributed by atoms with van der Waals surface area (Å²) in [4.78, 5) is 20.0. The van der Waals surface area contributed by atoms with Crippen LogP contribution in [0.4, 0.5) is 0 Å². The first-order chi connectivity index (χ1) is 4.57. The molecule has 0 amide bonds. The number of nitroso groups, excluding NO2 is 1. The number of rotatable bonds is 4. The number of hydrogen-bond donors (Lipinski definition) is 1. The van der Waals surface area contributed by atoms with Crippen LogP contribution in [-0.4, -0.2) is 60.3 Å². The van der Waals surface area contributed by atoms with E-state index in [0.717, 1.165) is 0 Å². The zero-order valence-electron chi connectivity index (χ0n) is 7.28. The van der Waals surface area contributed by atoms with Crippen molar-refractivity contribution in [2.45, 2.75) is 26.3 Å². The minimum Gasteiger partial charge on any atom is -0.480 e. The molecule has 68 valence electrons. The van der Waals surface area contributed by atoms with Crippen LogP contribution in [0.2, 0.25) is 0 Å². The molecule has 0 saturated carbocycles. The second-order valence-corrected chi connectivity index (χ2v) is 2.59. The van der Waals surface area contributed by atoms with Gasteiger partial charge in [0.1, 0.15) is 0 Å². The molecular weight excluding hydrogens is 190 g/mol. The number of carboxylic acids is 1. The van der Waals surface area contributed by atoms with Crippen LogP contribution in [0.3, 0.4) is 0 Å². The van der Waals surface area contributed by atoms with Gasteiger partial charge in [0.05, 0.1) is 0 Å². The molecule has 0 aromatic rings. The molecule has 0 unspecified atom stereocenters. The number of nitrogens with zero attached hydrogens (tertiary/aromatic N) is 1. The summed E-state index contributed by atoms with van der Waals surface area (Å²) in [5, 5.41) is 10.8. The van der Waals surface area contributed by atoms with E-state index in [1.165, 1.54) is 0 Å². The van der Waals surface area contributed by atoms with E-state index in [1.54, 1.807) is 0 Å². The summed E-state index contributed by atoms with van der Waals surface area (Å²) in [7, 11) is 0. The molecule has 0 saturated heterocycles. The zero-order chi connectivity index (χ0) is 8.15. The predicted molar refractivity (Wildman–Crippen MR) is 46.0 cm³/mol. The molecule has 0 aromatic carbocycles. The first-order valence-electron chi connectivity index (χ1n) is 3.13. The largest absolute Gasteiger partial charge is 0.480 e. The van der Waals surface area contributed by atoms with Crippen LogP contribution in [0.1, 0.15) is 20.3 Å². The van der Waals surface area contributed by atoms with Crippen LogP contribution in [0.25, 0.3) is 0 Å². The topological polar surface area (TPSA) is 98.2 Å². The van der Waals surface area contributed by atoms with Crippen molar-refractivity contribution < 1.29 is 15.4 Å². The Morgan fingerprint density at radius 2 is 1.92 bits per heavy atom. The molecule has 2 radical (unpaired) electrons. The zero-order valence-corrected chi connectivity index (χ0v) is 9.49. The van der Waals surface area contributed by atoms with Crippen molar-refractivity contribution in [2.24, 2.45) is 11.1 Å². The van der Waals surface area contributed by atoms with Crippen molar-refractivity contribution in [1.29, 1.82) is 0 Å². The minimum absolute atomic E-state index is 0. The fourth-order valence-corrected chi connectivity index (χ4v) is 0.635. The van der Waals surface area contributed by atoms with Gasteiger partial charge in [-0.15, -0.1) is 4.91 Å². The van der Waals surface area contributed by atoms with Crippen molar-refractivity contribution in [3.8, 4) is 0 Å². The van der Waals surface area contributed by atoms with E-state index >= 15 is 0 Å². The summed E-state index contributed by atoms with van der Waals surface area (Å²) < 4.78 is 0. The maximum Gasteiger partial charge on any atom is 0.332 e. The molecule has 0 bridgehead atoms. The molecule has 0 spiro atoms. The molecule has 0 fully saturated rings. The van der Waals surface area contributed by atoms with E-state index in [9.17, 15) is 9.70 Å². The first kappa shape index (κ1) is 18.2. The Hall–Kier alpha value is 0.290. The van der Waals surface area contributed by atoms with Gasteiger partial charge in [-0.3, -0.25) is 0 Å². The molecule has 1 atom stereocenters. The monoisotopic (exact) mass is 203 g/mol. The number of aliphatic carboxylic acids is 1. The molecule has 6 heteroatoms. The molecule has 0 aliphatic heterocycles. The van der Waals surface area contributed by atoms with Crippen LogP contribution in [-0.2, 0) is 4.79 Å². The van der Waals surface area contributed by atoms with E-state index in [4.69, 9.17) is 5.11 Å².